The summed E-state index contributed by atoms with van der Waals surface area (Å²) in [7, 11) is 0. The molecule has 1 aliphatic rings. The van der Waals surface area contributed by atoms with Gasteiger partial charge in [-0.15, -0.1) is 0 Å². The Morgan fingerprint density at radius 2 is 1.59 bits per heavy atom. The van der Waals surface area contributed by atoms with Gasteiger partial charge in [0.15, 0.2) is 0 Å². The molecule has 0 bridgehead atoms. The minimum Gasteiger partial charge on any atom is -0.321 e. The first kappa shape index (κ1) is 23.2. The van der Waals surface area contributed by atoms with Crippen molar-refractivity contribution >= 4 is 35.0 Å². The van der Waals surface area contributed by atoms with Gasteiger partial charge in [-0.2, -0.15) is 5.26 Å². The highest BCUT2D eigenvalue weighted by Gasteiger charge is 2.40. The van der Waals surface area contributed by atoms with Gasteiger partial charge in [-0.1, -0.05) is 41.6 Å². The fraction of sp³-hybridized carbons (Fsp3) is 0.115. The number of carbonyl (C=O) groups is 2. The van der Waals surface area contributed by atoms with Crippen LogP contribution >= 0.6 is 11.8 Å². The zero-order chi connectivity index (χ0) is 24.2. The summed E-state index contributed by atoms with van der Waals surface area (Å²) in [5.41, 5.74) is 2.36. The number of hydrogen-bond acceptors (Lipinski definition) is 4. The van der Waals surface area contributed by atoms with E-state index in [1.54, 1.807) is 24.3 Å². The summed E-state index contributed by atoms with van der Waals surface area (Å²) in [6.45, 7) is 1.91. The number of hydrogen-bond donors (Lipinski definition) is 1. The van der Waals surface area contributed by atoms with Gasteiger partial charge in [0.2, 0.25) is 5.91 Å². The third-order valence-electron chi connectivity index (χ3n) is 5.23. The lowest BCUT2D eigenvalue weighted by Crippen LogP contribution is -2.30. The summed E-state index contributed by atoms with van der Waals surface area (Å²) < 4.78 is 26.5. The lowest BCUT2D eigenvalue weighted by molar-refractivity contribution is -0.117. The van der Waals surface area contributed by atoms with Gasteiger partial charge in [0, 0.05) is 11.4 Å². The van der Waals surface area contributed by atoms with E-state index in [0.717, 1.165) is 22.9 Å². The largest absolute Gasteiger partial charge is 0.321 e. The molecule has 3 aromatic carbocycles. The molecule has 4 rings (SSSR count). The predicted octanol–water partition coefficient (Wildman–Crippen LogP) is 5.34. The van der Waals surface area contributed by atoms with Crippen molar-refractivity contribution < 1.29 is 18.4 Å². The van der Waals surface area contributed by atoms with Gasteiger partial charge < -0.3 is 5.32 Å². The molecule has 8 heteroatoms. The number of benzene rings is 3. The summed E-state index contributed by atoms with van der Waals surface area (Å²) in [5, 5.41) is 12.0. The molecular formula is C26H19F2N3O2S. The number of rotatable bonds is 5. The van der Waals surface area contributed by atoms with Crippen LogP contribution in [0.2, 0.25) is 0 Å². The second-order valence-electron chi connectivity index (χ2n) is 7.70. The highest BCUT2D eigenvalue weighted by atomic mass is 32.2. The Kier molecular flexibility index (Phi) is 6.75. The molecule has 1 fully saturated rings. The first-order chi connectivity index (χ1) is 16.4. The monoisotopic (exact) mass is 475 g/mol. The van der Waals surface area contributed by atoms with Crippen molar-refractivity contribution in [3.05, 3.63) is 106 Å². The average molecular weight is 476 g/mol. The van der Waals surface area contributed by atoms with E-state index in [-0.39, 0.29) is 22.3 Å². The Labute approximate surface area is 199 Å². The number of carbonyl (C=O) groups excluding carboxylic acids is 2. The normalized spacial score (nSPS) is 16.8. The quantitative estimate of drug-likeness (QED) is 0.400. The number of nitriles is 1. The summed E-state index contributed by atoms with van der Waals surface area (Å²) >= 11 is 1.12. The Balaban J connectivity index is 1.71. The van der Waals surface area contributed by atoms with E-state index in [1.807, 2.05) is 25.1 Å². The summed E-state index contributed by atoms with van der Waals surface area (Å²) in [6, 6.07) is 20.1. The average Bonchev–Trinajstić information content (AvgIpc) is 3.13. The summed E-state index contributed by atoms with van der Waals surface area (Å²) in [5.74, 6) is -1.82. The molecule has 170 valence electrons. The van der Waals surface area contributed by atoms with E-state index < -0.39 is 17.0 Å². The Morgan fingerprint density at radius 1 is 1.00 bits per heavy atom. The van der Waals surface area contributed by atoms with Gasteiger partial charge in [0.1, 0.15) is 28.3 Å². The van der Waals surface area contributed by atoms with Crippen molar-refractivity contribution in [2.75, 3.05) is 10.2 Å². The van der Waals surface area contributed by atoms with Gasteiger partial charge in [-0.25, -0.2) is 8.78 Å². The molecule has 1 atom stereocenters. The molecule has 0 aliphatic carbocycles. The molecule has 3 aromatic rings. The lowest BCUT2D eigenvalue weighted by Gasteiger charge is -2.19. The van der Waals surface area contributed by atoms with Crippen LogP contribution in [0.4, 0.5) is 20.2 Å². The molecule has 0 aromatic heterocycles. The molecule has 1 N–H and O–H groups in total. The second-order valence-corrected chi connectivity index (χ2v) is 8.89. The smallest absolute Gasteiger partial charge is 0.269 e. The number of amides is 2. The lowest BCUT2D eigenvalue weighted by atomic mass is 10.1. The molecule has 0 unspecified atom stereocenters. The van der Waals surface area contributed by atoms with Crippen molar-refractivity contribution in [1.29, 1.82) is 5.26 Å². The van der Waals surface area contributed by atoms with Crippen LogP contribution in [0.5, 0.6) is 0 Å². The number of nitrogens with zero attached hydrogens (tertiary/aromatic N) is 2. The molecular weight excluding hydrogens is 456 g/mol. The van der Waals surface area contributed by atoms with E-state index in [0.29, 0.717) is 17.8 Å². The van der Waals surface area contributed by atoms with Crippen LogP contribution in [0.25, 0.3) is 0 Å². The fourth-order valence-electron chi connectivity index (χ4n) is 3.48. The van der Waals surface area contributed by atoms with Crippen LogP contribution in [0.15, 0.2) is 83.4 Å². The van der Waals surface area contributed by atoms with Gasteiger partial charge in [-0.3, -0.25) is 14.5 Å². The minimum atomic E-state index is -0.705. The predicted molar refractivity (Wildman–Crippen MR) is 128 cm³/mol. The molecule has 1 saturated heterocycles. The molecule has 0 spiro atoms. The van der Waals surface area contributed by atoms with Crippen molar-refractivity contribution in [2.45, 2.75) is 18.6 Å². The van der Waals surface area contributed by atoms with Crippen LogP contribution in [-0.4, -0.2) is 17.1 Å². The van der Waals surface area contributed by atoms with Crippen molar-refractivity contribution in [2.24, 2.45) is 0 Å². The third kappa shape index (κ3) is 5.00. The Hall–Kier alpha value is -3.96. The van der Waals surface area contributed by atoms with Gasteiger partial charge >= 0.3 is 0 Å². The van der Waals surface area contributed by atoms with Crippen LogP contribution in [0.3, 0.4) is 0 Å². The number of halogens is 2. The molecule has 5 nitrogen and oxygen atoms in total. The third-order valence-corrected chi connectivity index (χ3v) is 6.50. The summed E-state index contributed by atoms with van der Waals surface area (Å²) in [6.07, 6.45) is 0.300. The van der Waals surface area contributed by atoms with E-state index in [1.165, 1.54) is 41.3 Å². The van der Waals surface area contributed by atoms with Crippen LogP contribution in [0, 0.1) is 29.9 Å². The fourth-order valence-corrected chi connectivity index (χ4v) is 4.79. The van der Waals surface area contributed by atoms with Gasteiger partial charge in [-0.05, 0) is 67.4 Å². The van der Waals surface area contributed by atoms with Crippen LogP contribution in [0.1, 0.15) is 11.1 Å². The molecule has 34 heavy (non-hydrogen) atoms. The number of thioether (sulfide) groups is 1. The van der Waals surface area contributed by atoms with Crippen molar-refractivity contribution in [1.82, 2.24) is 0 Å². The Morgan fingerprint density at radius 3 is 2.18 bits per heavy atom. The zero-order valence-corrected chi connectivity index (χ0v) is 18.9. The van der Waals surface area contributed by atoms with E-state index >= 15 is 0 Å². The standard InChI is InChI=1S/C26H19F2N3O2S/c1-16-2-12-21(13-3-16)31-25(33)23(14-17-4-6-18(27)7-5-17)34-26(31)22(15-29)24(32)30-20-10-8-19(28)9-11-20/h2-13,23H,14H2,1H3,(H,30,32)/b26-22+/t23-/m0/s1. The number of aryl methyl sites for hydroxylation is 1. The van der Waals surface area contributed by atoms with Crippen molar-refractivity contribution in [3.63, 3.8) is 0 Å². The molecule has 2 amide bonds. The SMILES string of the molecule is Cc1ccc(N2C(=O)[C@H](Cc3ccc(F)cc3)S/C2=C(\C#N)C(=O)Nc2ccc(F)cc2)cc1. The highest BCUT2D eigenvalue weighted by molar-refractivity contribution is 8.05. The molecule has 1 aliphatic heterocycles. The maximum atomic E-state index is 13.4. The zero-order valence-electron chi connectivity index (χ0n) is 18.1. The molecule has 0 saturated carbocycles. The minimum absolute atomic E-state index is 0.211. The van der Waals surface area contributed by atoms with E-state index in [9.17, 15) is 23.6 Å². The Bertz CT molecular complexity index is 1300. The van der Waals surface area contributed by atoms with Gasteiger partial charge in [0.25, 0.3) is 5.91 Å². The van der Waals surface area contributed by atoms with E-state index in [4.69, 9.17) is 0 Å². The maximum absolute atomic E-state index is 13.4. The van der Waals surface area contributed by atoms with E-state index in [2.05, 4.69) is 5.32 Å². The van der Waals surface area contributed by atoms with Crippen LogP contribution < -0.4 is 10.2 Å². The first-order valence-corrected chi connectivity index (χ1v) is 11.3. The van der Waals surface area contributed by atoms with Gasteiger partial charge in [0.05, 0.1) is 5.25 Å². The number of anilines is 2. The highest BCUT2D eigenvalue weighted by Crippen LogP contribution is 2.42. The second kappa shape index (κ2) is 9.89. The van der Waals surface area contributed by atoms with Crippen LogP contribution in [-0.2, 0) is 16.0 Å². The summed E-state index contributed by atoms with van der Waals surface area (Å²) in [4.78, 5) is 27.8. The van der Waals surface area contributed by atoms with Crippen molar-refractivity contribution in [3.8, 4) is 6.07 Å². The molecule has 1 heterocycles. The topological polar surface area (TPSA) is 73.2 Å². The number of nitrogens with one attached hydrogen (secondary N) is 1. The first-order valence-electron chi connectivity index (χ1n) is 10.4. The maximum Gasteiger partial charge on any atom is 0.269 e. The molecule has 0 radical (unpaired) electrons.